The van der Waals surface area contributed by atoms with E-state index in [2.05, 4.69) is 37.1 Å². The van der Waals surface area contributed by atoms with Gasteiger partial charge in [0.15, 0.2) is 11.0 Å². The van der Waals surface area contributed by atoms with Crippen LogP contribution in [0.5, 0.6) is 0 Å². The standard InChI is InChI=1S/C17H13N5OS3/c1-2-5-11(6-3-1)14-18-20-16-22(14)12(9-25-16)10-26-17-21-19-15(23-17)13-7-4-8-24-13/h1-8,12H,9-10H2. The van der Waals surface area contributed by atoms with E-state index in [1.807, 2.05) is 35.7 Å². The monoisotopic (exact) mass is 399 g/mol. The number of thiophene rings is 1. The summed E-state index contributed by atoms with van der Waals surface area (Å²) in [6.07, 6.45) is 0. The van der Waals surface area contributed by atoms with Crippen LogP contribution in [-0.4, -0.2) is 36.5 Å². The highest BCUT2D eigenvalue weighted by Crippen LogP contribution is 2.39. The van der Waals surface area contributed by atoms with E-state index in [0.29, 0.717) is 17.2 Å². The molecule has 1 aromatic carbocycles. The smallest absolute Gasteiger partial charge is 0.276 e. The highest BCUT2D eigenvalue weighted by Gasteiger charge is 2.29. The Hall–Kier alpha value is -2.10. The van der Waals surface area contributed by atoms with Crippen molar-refractivity contribution in [2.45, 2.75) is 16.4 Å². The average Bonchev–Trinajstić information content (AvgIpc) is 3.45. The minimum atomic E-state index is 0.294. The van der Waals surface area contributed by atoms with E-state index in [9.17, 15) is 0 Å². The molecule has 130 valence electrons. The maximum Gasteiger partial charge on any atom is 0.276 e. The van der Waals surface area contributed by atoms with Gasteiger partial charge in [-0.05, 0) is 11.4 Å². The van der Waals surface area contributed by atoms with Gasteiger partial charge in [-0.2, -0.15) is 0 Å². The predicted octanol–water partition coefficient (Wildman–Crippen LogP) is 4.50. The van der Waals surface area contributed by atoms with E-state index in [4.69, 9.17) is 4.42 Å². The van der Waals surface area contributed by atoms with Gasteiger partial charge in [0.1, 0.15) is 0 Å². The van der Waals surface area contributed by atoms with Gasteiger partial charge in [-0.15, -0.1) is 31.7 Å². The molecule has 9 heteroatoms. The van der Waals surface area contributed by atoms with Gasteiger partial charge in [0, 0.05) is 17.1 Å². The molecule has 0 aliphatic carbocycles. The molecule has 0 radical (unpaired) electrons. The molecule has 26 heavy (non-hydrogen) atoms. The maximum atomic E-state index is 5.78. The zero-order valence-electron chi connectivity index (χ0n) is 13.5. The fraction of sp³-hybridized carbons (Fsp3) is 0.176. The molecular weight excluding hydrogens is 386 g/mol. The molecule has 4 heterocycles. The van der Waals surface area contributed by atoms with Gasteiger partial charge in [0.25, 0.3) is 11.1 Å². The molecule has 1 unspecified atom stereocenters. The van der Waals surface area contributed by atoms with Crippen LogP contribution < -0.4 is 0 Å². The zero-order valence-corrected chi connectivity index (χ0v) is 15.9. The highest BCUT2D eigenvalue weighted by molar-refractivity contribution is 8.00. The van der Waals surface area contributed by atoms with E-state index in [1.54, 1.807) is 34.9 Å². The van der Waals surface area contributed by atoms with Crippen LogP contribution in [0.2, 0.25) is 0 Å². The first-order chi connectivity index (χ1) is 12.9. The summed E-state index contributed by atoms with van der Waals surface area (Å²) in [7, 11) is 0. The largest absolute Gasteiger partial charge is 0.410 e. The predicted molar refractivity (Wildman–Crippen MR) is 104 cm³/mol. The highest BCUT2D eigenvalue weighted by atomic mass is 32.2. The Kier molecular flexibility index (Phi) is 4.27. The van der Waals surface area contributed by atoms with Gasteiger partial charge in [0.2, 0.25) is 0 Å². The number of hydrogen-bond donors (Lipinski definition) is 0. The van der Waals surface area contributed by atoms with E-state index in [-0.39, 0.29) is 0 Å². The molecule has 0 saturated heterocycles. The van der Waals surface area contributed by atoms with Crippen molar-refractivity contribution in [1.82, 2.24) is 25.0 Å². The van der Waals surface area contributed by atoms with Crippen LogP contribution in [-0.2, 0) is 0 Å². The van der Waals surface area contributed by atoms with Crippen molar-refractivity contribution >= 4 is 34.9 Å². The van der Waals surface area contributed by atoms with Crippen LogP contribution in [0.4, 0.5) is 0 Å². The summed E-state index contributed by atoms with van der Waals surface area (Å²) in [5.74, 6) is 3.31. The minimum absolute atomic E-state index is 0.294. The van der Waals surface area contributed by atoms with Crippen molar-refractivity contribution in [1.29, 1.82) is 0 Å². The van der Waals surface area contributed by atoms with Gasteiger partial charge in [-0.25, -0.2) is 0 Å². The molecule has 1 aliphatic heterocycles. The van der Waals surface area contributed by atoms with Crippen LogP contribution in [0, 0.1) is 0 Å². The molecule has 0 N–H and O–H groups in total. The summed E-state index contributed by atoms with van der Waals surface area (Å²) in [5.41, 5.74) is 1.08. The van der Waals surface area contributed by atoms with E-state index < -0.39 is 0 Å². The normalized spacial score (nSPS) is 16.1. The summed E-state index contributed by atoms with van der Waals surface area (Å²) >= 11 is 4.92. The average molecular weight is 400 g/mol. The number of rotatable bonds is 5. The van der Waals surface area contributed by atoms with Crippen molar-refractivity contribution in [3.8, 4) is 22.2 Å². The van der Waals surface area contributed by atoms with Crippen molar-refractivity contribution in [2.24, 2.45) is 0 Å². The topological polar surface area (TPSA) is 69.6 Å². The van der Waals surface area contributed by atoms with Crippen molar-refractivity contribution in [2.75, 3.05) is 11.5 Å². The van der Waals surface area contributed by atoms with Crippen LogP contribution in [0.3, 0.4) is 0 Å². The summed E-state index contributed by atoms with van der Waals surface area (Å²) in [6.45, 7) is 0. The molecular formula is C17H13N5OS3. The third-order valence-electron chi connectivity index (χ3n) is 4.00. The summed E-state index contributed by atoms with van der Waals surface area (Å²) in [4.78, 5) is 0.994. The lowest BCUT2D eigenvalue weighted by Crippen LogP contribution is -2.11. The van der Waals surface area contributed by atoms with E-state index in [0.717, 1.165) is 32.9 Å². The van der Waals surface area contributed by atoms with Crippen LogP contribution in [0.25, 0.3) is 22.2 Å². The second-order valence-corrected chi connectivity index (χ2v) is 8.57. The molecule has 6 nitrogen and oxygen atoms in total. The van der Waals surface area contributed by atoms with Crippen LogP contribution in [0.15, 0.2) is 62.6 Å². The Morgan fingerprint density at radius 3 is 2.85 bits per heavy atom. The number of fused-ring (bicyclic) bond motifs is 1. The van der Waals surface area contributed by atoms with Crippen LogP contribution >= 0.6 is 34.9 Å². The van der Waals surface area contributed by atoms with E-state index >= 15 is 0 Å². The minimum Gasteiger partial charge on any atom is -0.410 e. The number of thioether (sulfide) groups is 2. The lowest BCUT2D eigenvalue weighted by Gasteiger charge is -2.13. The second-order valence-electron chi connectivity index (χ2n) is 5.67. The first-order valence-electron chi connectivity index (χ1n) is 8.02. The lowest BCUT2D eigenvalue weighted by atomic mass is 10.2. The Morgan fingerprint density at radius 1 is 1.08 bits per heavy atom. The lowest BCUT2D eigenvalue weighted by molar-refractivity contribution is 0.465. The Labute approximate surface area is 162 Å². The van der Waals surface area contributed by atoms with Gasteiger partial charge < -0.3 is 4.42 Å². The summed E-state index contributed by atoms with van der Waals surface area (Å²) in [5, 5.41) is 20.6. The van der Waals surface area contributed by atoms with Gasteiger partial charge in [-0.1, -0.05) is 59.9 Å². The Bertz CT molecular complexity index is 1010. The molecule has 1 atom stereocenters. The number of benzene rings is 1. The maximum absolute atomic E-state index is 5.78. The zero-order chi connectivity index (χ0) is 17.3. The molecule has 4 aromatic rings. The molecule has 1 aliphatic rings. The first kappa shape index (κ1) is 16.1. The van der Waals surface area contributed by atoms with Gasteiger partial charge in [-0.3, -0.25) is 4.57 Å². The fourth-order valence-corrected chi connectivity index (χ4v) is 5.51. The third kappa shape index (κ3) is 2.95. The molecule has 0 fully saturated rings. The first-order valence-corrected chi connectivity index (χ1v) is 10.9. The molecule has 0 saturated carbocycles. The summed E-state index contributed by atoms with van der Waals surface area (Å²) in [6, 6.07) is 14.4. The molecule has 5 rings (SSSR count). The Balaban J connectivity index is 1.34. The quantitative estimate of drug-likeness (QED) is 0.458. The molecule has 0 amide bonds. The van der Waals surface area contributed by atoms with Crippen molar-refractivity contribution in [3.63, 3.8) is 0 Å². The second kappa shape index (κ2) is 6.90. The van der Waals surface area contributed by atoms with E-state index in [1.165, 1.54) is 0 Å². The number of hydrogen-bond acceptors (Lipinski definition) is 8. The van der Waals surface area contributed by atoms with Crippen molar-refractivity contribution in [3.05, 3.63) is 47.8 Å². The molecule has 3 aromatic heterocycles. The Morgan fingerprint density at radius 2 is 2.00 bits per heavy atom. The number of aromatic nitrogens is 5. The third-order valence-corrected chi connectivity index (χ3v) is 6.91. The molecule has 0 spiro atoms. The van der Waals surface area contributed by atoms with Gasteiger partial charge in [0.05, 0.1) is 10.9 Å². The SMILES string of the molecule is c1ccc(-c2nnc3n2C(CSc2nnc(-c4cccs4)o2)CS3)cc1. The van der Waals surface area contributed by atoms with Crippen molar-refractivity contribution < 1.29 is 4.42 Å². The fourth-order valence-electron chi connectivity index (χ4n) is 2.79. The number of nitrogens with zero attached hydrogens (tertiary/aromatic N) is 5. The molecule has 0 bridgehead atoms. The van der Waals surface area contributed by atoms with Gasteiger partial charge >= 0.3 is 0 Å². The summed E-state index contributed by atoms with van der Waals surface area (Å²) < 4.78 is 8.00. The van der Waals surface area contributed by atoms with Crippen LogP contribution in [0.1, 0.15) is 6.04 Å².